The highest BCUT2D eigenvalue weighted by Gasteiger charge is 2.36. The van der Waals surface area contributed by atoms with Crippen molar-refractivity contribution in [1.29, 1.82) is 5.26 Å². The summed E-state index contributed by atoms with van der Waals surface area (Å²) in [4.78, 5) is 0. The molecule has 4 heteroatoms. The maximum absolute atomic E-state index is 9.38. The number of nitriles is 1. The zero-order valence-corrected chi connectivity index (χ0v) is 11.3. The number of ether oxygens (including phenoxy) is 2. The molecular weight excluding hydrogens is 254 g/mol. The molecule has 0 aromatic rings. The second-order valence-electron chi connectivity index (χ2n) is 4.69. The second kappa shape index (κ2) is 7.81. The fraction of sp³-hybridized carbons (Fsp3) is 0.438. The summed E-state index contributed by atoms with van der Waals surface area (Å²) < 4.78 is 11.5. The first-order valence-corrected chi connectivity index (χ1v) is 6.81. The molecule has 1 N–H and O–H groups in total. The lowest BCUT2D eigenvalue weighted by atomic mass is 10.0. The topological polar surface area (TPSA) is 62.5 Å². The number of nitrogens with zero attached hydrogens (tertiary/aromatic N) is 1. The number of allylic oxidation sites excluding steroid dienone is 6. The van der Waals surface area contributed by atoms with Crippen molar-refractivity contribution in [2.24, 2.45) is 0 Å². The molecule has 20 heavy (non-hydrogen) atoms. The van der Waals surface area contributed by atoms with Crippen LogP contribution in [-0.2, 0) is 9.47 Å². The smallest absolute Gasteiger partial charge is 0.108 e. The Balaban J connectivity index is 1.99. The van der Waals surface area contributed by atoms with Crippen LogP contribution in [0.1, 0.15) is 12.8 Å². The monoisotopic (exact) mass is 273 g/mol. The van der Waals surface area contributed by atoms with Gasteiger partial charge >= 0.3 is 0 Å². The molecule has 1 aliphatic carbocycles. The van der Waals surface area contributed by atoms with Crippen molar-refractivity contribution >= 4 is 0 Å². The minimum Gasteiger partial charge on any atom is -0.394 e. The van der Waals surface area contributed by atoms with Crippen LogP contribution in [0, 0.1) is 11.3 Å². The van der Waals surface area contributed by atoms with Crippen molar-refractivity contribution in [2.75, 3.05) is 13.2 Å². The Hall–Kier alpha value is -1.67. The van der Waals surface area contributed by atoms with Crippen molar-refractivity contribution in [3.63, 3.8) is 0 Å². The largest absolute Gasteiger partial charge is 0.394 e. The van der Waals surface area contributed by atoms with Gasteiger partial charge in [-0.25, -0.2) is 0 Å². The summed E-state index contributed by atoms with van der Waals surface area (Å²) in [7, 11) is 0. The van der Waals surface area contributed by atoms with Crippen LogP contribution in [0.25, 0.3) is 0 Å². The van der Waals surface area contributed by atoms with E-state index in [-0.39, 0.29) is 24.9 Å². The average molecular weight is 273 g/mol. The summed E-state index contributed by atoms with van der Waals surface area (Å²) >= 11 is 0. The van der Waals surface area contributed by atoms with Crippen molar-refractivity contribution in [3.8, 4) is 6.07 Å². The molecule has 4 nitrogen and oxygen atoms in total. The number of rotatable bonds is 5. The van der Waals surface area contributed by atoms with E-state index in [4.69, 9.17) is 14.7 Å². The Morgan fingerprint density at radius 2 is 2.10 bits per heavy atom. The third-order valence-corrected chi connectivity index (χ3v) is 3.32. The van der Waals surface area contributed by atoms with Gasteiger partial charge in [0, 0.05) is 6.42 Å². The summed E-state index contributed by atoms with van der Waals surface area (Å²) in [5, 5.41) is 17.9. The molecule has 0 bridgehead atoms. The van der Waals surface area contributed by atoms with E-state index in [2.05, 4.69) is 0 Å². The zero-order valence-electron chi connectivity index (χ0n) is 11.3. The maximum Gasteiger partial charge on any atom is 0.108 e. The Morgan fingerprint density at radius 1 is 1.30 bits per heavy atom. The van der Waals surface area contributed by atoms with Crippen LogP contribution < -0.4 is 0 Å². The lowest BCUT2D eigenvalue weighted by Crippen LogP contribution is -2.28. The third-order valence-electron chi connectivity index (χ3n) is 3.32. The van der Waals surface area contributed by atoms with E-state index in [1.165, 1.54) is 0 Å². The van der Waals surface area contributed by atoms with Crippen molar-refractivity contribution < 1.29 is 14.6 Å². The molecule has 0 saturated carbocycles. The Bertz CT molecular complexity index is 471. The first kappa shape index (κ1) is 14.7. The van der Waals surface area contributed by atoms with E-state index in [9.17, 15) is 5.11 Å². The van der Waals surface area contributed by atoms with Crippen LogP contribution in [0.5, 0.6) is 0 Å². The molecule has 2 rings (SSSR count). The van der Waals surface area contributed by atoms with Gasteiger partial charge < -0.3 is 14.6 Å². The molecule has 0 spiro atoms. The molecule has 1 aliphatic heterocycles. The van der Waals surface area contributed by atoms with Crippen molar-refractivity contribution in [2.45, 2.75) is 31.2 Å². The minimum absolute atomic E-state index is 0.0690. The third kappa shape index (κ3) is 3.91. The van der Waals surface area contributed by atoms with E-state index < -0.39 is 0 Å². The Kier molecular flexibility index (Phi) is 5.75. The Labute approximate surface area is 119 Å². The molecule has 0 radical (unpaired) electrons. The standard InChI is InChI=1S/C16H19NO3/c17-9-6-10-19-15-11-14(20-16(15)12-18)13-7-4-2-1-3-5-8-13/h1-5,7-8,14-16,18H,6,10-12H2/b2-1-,3-1?,4-2?,5-3-,7-4-,8-5?,13-7?,13-8+/t14-,15?,16-/m1/s1. The van der Waals surface area contributed by atoms with E-state index in [0.717, 1.165) is 5.57 Å². The second-order valence-corrected chi connectivity index (χ2v) is 4.69. The van der Waals surface area contributed by atoms with Crippen LogP contribution >= 0.6 is 0 Å². The molecule has 106 valence electrons. The summed E-state index contributed by atoms with van der Waals surface area (Å²) in [6.07, 6.45) is 14.3. The van der Waals surface area contributed by atoms with Gasteiger partial charge in [-0.1, -0.05) is 42.5 Å². The summed E-state index contributed by atoms with van der Waals surface area (Å²) in [5.41, 5.74) is 1.07. The summed E-state index contributed by atoms with van der Waals surface area (Å²) in [6, 6.07) is 2.05. The molecule has 1 heterocycles. The molecule has 2 aliphatic rings. The highest BCUT2D eigenvalue weighted by molar-refractivity contribution is 5.34. The fourth-order valence-corrected chi connectivity index (χ4v) is 2.32. The zero-order chi connectivity index (χ0) is 14.2. The molecule has 0 aromatic heterocycles. The number of aliphatic hydroxyl groups excluding tert-OH is 1. The average Bonchev–Trinajstić information content (AvgIpc) is 2.82. The Morgan fingerprint density at radius 3 is 2.90 bits per heavy atom. The molecular formula is C16H19NO3. The lowest BCUT2D eigenvalue weighted by molar-refractivity contribution is -0.0403. The van der Waals surface area contributed by atoms with Crippen LogP contribution in [0.2, 0.25) is 0 Å². The van der Waals surface area contributed by atoms with Gasteiger partial charge in [0.1, 0.15) is 6.10 Å². The fourth-order valence-electron chi connectivity index (χ4n) is 2.32. The summed E-state index contributed by atoms with van der Waals surface area (Å²) in [5.74, 6) is 0. The summed E-state index contributed by atoms with van der Waals surface area (Å²) in [6.45, 7) is 0.311. The number of hydrogen-bond acceptors (Lipinski definition) is 4. The van der Waals surface area contributed by atoms with Gasteiger partial charge in [-0.15, -0.1) is 0 Å². The predicted molar refractivity (Wildman–Crippen MR) is 75.8 cm³/mol. The van der Waals surface area contributed by atoms with E-state index in [1.807, 2.05) is 48.6 Å². The lowest BCUT2D eigenvalue weighted by Gasteiger charge is -2.15. The van der Waals surface area contributed by atoms with E-state index in [1.54, 1.807) is 0 Å². The number of aliphatic hydroxyl groups is 1. The van der Waals surface area contributed by atoms with E-state index in [0.29, 0.717) is 19.4 Å². The first-order valence-electron chi connectivity index (χ1n) is 6.81. The normalized spacial score (nSPS) is 36.2. The van der Waals surface area contributed by atoms with Crippen molar-refractivity contribution in [1.82, 2.24) is 0 Å². The highest BCUT2D eigenvalue weighted by atomic mass is 16.6. The molecule has 3 atom stereocenters. The van der Waals surface area contributed by atoms with Gasteiger partial charge in [0.05, 0.1) is 37.9 Å². The molecule has 1 fully saturated rings. The maximum atomic E-state index is 9.38. The van der Waals surface area contributed by atoms with Gasteiger partial charge in [0.2, 0.25) is 0 Å². The van der Waals surface area contributed by atoms with Crippen LogP contribution in [0.4, 0.5) is 0 Å². The highest BCUT2D eigenvalue weighted by Crippen LogP contribution is 2.29. The van der Waals surface area contributed by atoms with Crippen LogP contribution in [0.15, 0.2) is 48.1 Å². The van der Waals surface area contributed by atoms with Crippen molar-refractivity contribution in [3.05, 3.63) is 48.1 Å². The van der Waals surface area contributed by atoms with Gasteiger partial charge in [0.25, 0.3) is 0 Å². The molecule has 0 aromatic carbocycles. The van der Waals surface area contributed by atoms with Gasteiger partial charge in [-0.05, 0) is 5.57 Å². The van der Waals surface area contributed by atoms with Crippen LogP contribution in [0.3, 0.4) is 0 Å². The SMILES string of the molecule is N#CCCOC1C[C@H](C2=C/C=C\C=C/C=C\2)O[C@@H]1CO. The van der Waals surface area contributed by atoms with Gasteiger partial charge in [-0.3, -0.25) is 0 Å². The van der Waals surface area contributed by atoms with Gasteiger partial charge in [-0.2, -0.15) is 5.26 Å². The molecule has 1 unspecified atom stereocenters. The number of hydrogen-bond donors (Lipinski definition) is 1. The van der Waals surface area contributed by atoms with Gasteiger partial charge in [0.15, 0.2) is 0 Å². The van der Waals surface area contributed by atoms with E-state index >= 15 is 0 Å². The first-order chi connectivity index (χ1) is 9.85. The molecule has 1 saturated heterocycles. The van der Waals surface area contributed by atoms with Crippen LogP contribution in [-0.4, -0.2) is 36.6 Å². The minimum atomic E-state index is -0.321. The predicted octanol–water partition coefficient (Wildman–Crippen LogP) is 2.04. The molecule has 0 amide bonds. The quantitative estimate of drug-likeness (QED) is 0.779.